The number of nitrogens with two attached hydrogens (primary N) is 1. The molecule has 4 saturated carbocycles. The zero-order valence-electron chi connectivity index (χ0n) is 17.5. The summed E-state index contributed by atoms with van der Waals surface area (Å²) in [6.45, 7) is 7.94. The van der Waals surface area contributed by atoms with Gasteiger partial charge in [0.2, 0.25) is 0 Å². The van der Waals surface area contributed by atoms with E-state index in [0.29, 0.717) is 40.7 Å². The standard InChI is InChI=1S/C23H39NO2S/c1-15-13-17-18-5-6-21(25)23(18,3)10-8-19(17)22(2)9-7-16(14-20(15)22)27(26)12-4-11-24/h15-20H,4-14,24H2,1-3H3/t15-,16+,17-,18-,19-,20?,22+,23-,27?/m0/s1. The third-order valence-corrected chi connectivity index (χ3v) is 11.5. The van der Waals surface area contributed by atoms with Crippen LogP contribution in [0.5, 0.6) is 0 Å². The van der Waals surface area contributed by atoms with Gasteiger partial charge in [0, 0.05) is 33.6 Å². The number of hydrogen-bond donors (Lipinski definition) is 1. The van der Waals surface area contributed by atoms with Crippen LogP contribution < -0.4 is 5.73 Å². The largest absolute Gasteiger partial charge is 0.330 e. The van der Waals surface area contributed by atoms with Crippen molar-refractivity contribution in [3.05, 3.63) is 0 Å². The minimum Gasteiger partial charge on any atom is -0.330 e. The predicted molar refractivity (Wildman–Crippen MR) is 112 cm³/mol. The van der Waals surface area contributed by atoms with E-state index in [1.807, 2.05) is 0 Å². The molecule has 27 heavy (non-hydrogen) atoms. The molecule has 0 amide bonds. The third kappa shape index (κ3) is 3.08. The molecule has 4 rings (SSSR count). The quantitative estimate of drug-likeness (QED) is 0.774. The van der Waals surface area contributed by atoms with Gasteiger partial charge in [-0.25, -0.2) is 0 Å². The van der Waals surface area contributed by atoms with Crippen molar-refractivity contribution in [3.63, 3.8) is 0 Å². The van der Waals surface area contributed by atoms with E-state index >= 15 is 0 Å². The molecule has 4 heteroatoms. The van der Waals surface area contributed by atoms with Gasteiger partial charge >= 0.3 is 0 Å². The van der Waals surface area contributed by atoms with Crippen molar-refractivity contribution >= 4 is 16.6 Å². The van der Waals surface area contributed by atoms with Crippen molar-refractivity contribution in [1.82, 2.24) is 0 Å². The minimum atomic E-state index is -0.705. The smallest absolute Gasteiger partial charge is 0.139 e. The molecule has 154 valence electrons. The second-order valence-electron chi connectivity index (χ2n) is 10.7. The van der Waals surface area contributed by atoms with Crippen LogP contribution in [0.2, 0.25) is 0 Å². The van der Waals surface area contributed by atoms with Gasteiger partial charge in [0.1, 0.15) is 5.78 Å². The van der Waals surface area contributed by atoms with Gasteiger partial charge < -0.3 is 5.73 Å². The molecule has 0 aliphatic heterocycles. The molecular weight excluding hydrogens is 354 g/mol. The van der Waals surface area contributed by atoms with E-state index in [2.05, 4.69) is 20.8 Å². The highest BCUT2D eigenvalue weighted by Crippen LogP contribution is 2.66. The number of carbonyl (C=O) groups excluding carboxylic acids is 1. The lowest BCUT2D eigenvalue weighted by Gasteiger charge is -2.62. The molecule has 0 spiro atoms. The van der Waals surface area contributed by atoms with Crippen LogP contribution in [0.15, 0.2) is 0 Å². The fourth-order valence-corrected chi connectivity index (χ4v) is 9.69. The normalized spacial score (nSPS) is 50.6. The van der Waals surface area contributed by atoms with Gasteiger partial charge in [0.15, 0.2) is 0 Å². The van der Waals surface area contributed by atoms with Crippen LogP contribution in [0.25, 0.3) is 0 Å². The van der Waals surface area contributed by atoms with Crippen LogP contribution in [0.3, 0.4) is 0 Å². The monoisotopic (exact) mass is 393 g/mol. The van der Waals surface area contributed by atoms with Crippen molar-refractivity contribution in [1.29, 1.82) is 0 Å². The summed E-state index contributed by atoms with van der Waals surface area (Å²) in [6, 6.07) is 0. The summed E-state index contributed by atoms with van der Waals surface area (Å²) in [5.74, 6) is 4.88. The SMILES string of the molecule is C[C@H]1C[C@@H]2[C@H](CC[C@]3(C)C(=O)CC[C@@H]23)[C@@]2(C)CC[C@@H](S(=O)CCCN)CC12. The summed E-state index contributed by atoms with van der Waals surface area (Å²) in [5, 5.41) is 0.385. The Morgan fingerprint density at radius 1 is 1.07 bits per heavy atom. The van der Waals surface area contributed by atoms with Crippen molar-refractivity contribution in [2.24, 2.45) is 46.2 Å². The molecule has 9 atom stereocenters. The molecule has 0 heterocycles. The van der Waals surface area contributed by atoms with Gasteiger partial charge in [-0.05, 0) is 92.9 Å². The summed E-state index contributed by atoms with van der Waals surface area (Å²) in [7, 11) is -0.705. The van der Waals surface area contributed by atoms with Gasteiger partial charge in [0.25, 0.3) is 0 Å². The molecule has 0 bridgehead atoms. The number of rotatable bonds is 4. The summed E-state index contributed by atoms with van der Waals surface area (Å²) >= 11 is 0. The first kappa shape index (κ1) is 20.1. The van der Waals surface area contributed by atoms with Crippen LogP contribution >= 0.6 is 0 Å². The lowest BCUT2D eigenvalue weighted by atomic mass is 9.43. The Balaban J connectivity index is 1.54. The number of Topliss-reactive ketones (excluding diaryl/α,β-unsaturated/α-hetero) is 1. The fourth-order valence-electron chi connectivity index (χ4n) is 8.10. The van der Waals surface area contributed by atoms with E-state index in [-0.39, 0.29) is 5.41 Å². The van der Waals surface area contributed by atoms with E-state index in [1.54, 1.807) is 0 Å². The van der Waals surface area contributed by atoms with Crippen molar-refractivity contribution in [2.75, 3.05) is 12.3 Å². The van der Waals surface area contributed by atoms with Crippen LogP contribution in [0, 0.1) is 40.4 Å². The van der Waals surface area contributed by atoms with E-state index in [9.17, 15) is 9.00 Å². The van der Waals surface area contributed by atoms with Crippen LogP contribution in [-0.4, -0.2) is 27.5 Å². The first-order valence-electron chi connectivity index (χ1n) is 11.4. The van der Waals surface area contributed by atoms with Crippen LogP contribution in [-0.2, 0) is 15.6 Å². The fraction of sp³-hybridized carbons (Fsp3) is 0.957. The van der Waals surface area contributed by atoms with Crippen molar-refractivity contribution < 1.29 is 9.00 Å². The number of ketones is 1. The summed E-state index contributed by atoms with van der Waals surface area (Å²) in [5.41, 5.74) is 6.00. The molecule has 0 aromatic heterocycles. The highest BCUT2D eigenvalue weighted by Gasteiger charge is 2.61. The lowest BCUT2D eigenvalue weighted by Crippen LogP contribution is -2.56. The predicted octanol–water partition coefficient (Wildman–Crippen LogP) is 4.31. The highest BCUT2D eigenvalue weighted by molar-refractivity contribution is 7.85. The molecule has 4 aliphatic carbocycles. The average Bonchev–Trinajstić information content (AvgIpc) is 2.95. The summed E-state index contributed by atoms with van der Waals surface area (Å²) < 4.78 is 12.8. The van der Waals surface area contributed by atoms with Gasteiger partial charge in [-0.2, -0.15) is 0 Å². The van der Waals surface area contributed by atoms with Crippen molar-refractivity contribution in [2.45, 2.75) is 83.8 Å². The summed E-state index contributed by atoms with van der Waals surface area (Å²) in [6.07, 6.45) is 10.0. The Kier molecular flexibility index (Phi) is 5.38. The van der Waals surface area contributed by atoms with Gasteiger partial charge in [0.05, 0.1) is 0 Å². The van der Waals surface area contributed by atoms with Crippen LogP contribution in [0.1, 0.15) is 78.6 Å². The Hall–Kier alpha value is -0.220. The second kappa shape index (κ2) is 7.23. The van der Waals surface area contributed by atoms with Crippen molar-refractivity contribution in [3.8, 4) is 0 Å². The molecule has 2 unspecified atom stereocenters. The Morgan fingerprint density at radius 2 is 1.85 bits per heavy atom. The maximum absolute atomic E-state index is 12.8. The van der Waals surface area contributed by atoms with E-state index in [0.717, 1.165) is 56.1 Å². The van der Waals surface area contributed by atoms with E-state index in [1.165, 1.54) is 19.3 Å². The molecule has 0 saturated heterocycles. The first-order chi connectivity index (χ1) is 12.8. The van der Waals surface area contributed by atoms with Gasteiger partial charge in [-0.15, -0.1) is 0 Å². The van der Waals surface area contributed by atoms with Gasteiger partial charge in [-0.3, -0.25) is 9.00 Å². The first-order valence-corrected chi connectivity index (χ1v) is 12.8. The molecule has 4 fully saturated rings. The number of carbonyl (C=O) groups is 1. The molecule has 2 N–H and O–H groups in total. The Morgan fingerprint density at radius 3 is 2.59 bits per heavy atom. The molecule has 3 nitrogen and oxygen atoms in total. The number of fused-ring (bicyclic) bond motifs is 5. The number of hydrogen-bond acceptors (Lipinski definition) is 3. The lowest BCUT2D eigenvalue weighted by molar-refractivity contribution is -0.144. The zero-order valence-corrected chi connectivity index (χ0v) is 18.4. The topological polar surface area (TPSA) is 60.2 Å². The van der Waals surface area contributed by atoms with Gasteiger partial charge in [-0.1, -0.05) is 20.8 Å². The Labute approximate surface area is 168 Å². The van der Waals surface area contributed by atoms with E-state index < -0.39 is 10.8 Å². The second-order valence-corrected chi connectivity index (χ2v) is 12.6. The molecule has 0 aromatic rings. The maximum Gasteiger partial charge on any atom is 0.139 e. The van der Waals surface area contributed by atoms with E-state index in [4.69, 9.17) is 5.73 Å². The molecule has 0 aromatic carbocycles. The third-order valence-electron chi connectivity index (χ3n) is 9.61. The summed E-state index contributed by atoms with van der Waals surface area (Å²) in [4.78, 5) is 12.6. The molecule has 4 aliphatic rings. The maximum atomic E-state index is 12.8. The molecule has 0 radical (unpaired) electrons. The average molecular weight is 394 g/mol. The van der Waals surface area contributed by atoms with Crippen LogP contribution in [0.4, 0.5) is 0 Å². The Bertz CT molecular complexity index is 621. The highest BCUT2D eigenvalue weighted by atomic mass is 32.2. The zero-order chi connectivity index (χ0) is 19.4. The molecular formula is C23H39NO2S. The minimum absolute atomic E-state index is 0.0228.